The van der Waals surface area contributed by atoms with E-state index in [2.05, 4.69) is 22.0 Å². The Labute approximate surface area is 148 Å². The molecule has 0 radical (unpaired) electrons. The molecule has 0 bridgehead atoms. The zero-order chi connectivity index (χ0) is 17.1. The van der Waals surface area contributed by atoms with Gasteiger partial charge in [-0.25, -0.2) is 0 Å². The molecule has 2 aromatic rings. The van der Waals surface area contributed by atoms with E-state index in [1.165, 1.54) is 6.42 Å². The van der Waals surface area contributed by atoms with Crippen molar-refractivity contribution in [1.82, 2.24) is 9.88 Å². The maximum Gasteiger partial charge on any atom is 0.118 e. The average molecular weight is 342 g/mol. The first-order valence-corrected chi connectivity index (χ1v) is 9.17. The molecule has 0 aromatic carbocycles. The van der Waals surface area contributed by atoms with Gasteiger partial charge in [0.1, 0.15) is 11.5 Å². The van der Waals surface area contributed by atoms with Gasteiger partial charge in [-0.05, 0) is 43.5 Å². The summed E-state index contributed by atoms with van der Waals surface area (Å²) in [5.74, 6) is 2.50. The van der Waals surface area contributed by atoms with Crippen molar-refractivity contribution in [3.63, 3.8) is 0 Å². The molecule has 2 aliphatic rings. The fourth-order valence-corrected chi connectivity index (χ4v) is 4.09. The number of fused-ring (bicyclic) bond motifs is 1. The van der Waals surface area contributed by atoms with Crippen LogP contribution in [0, 0.1) is 12.8 Å². The van der Waals surface area contributed by atoms with Gasteiger partial charge in [-0.1, -0.05) is 6.07 Å². The molecule has 5 heteroatoms. The molecule has 25 heavy (non-hydrogen) atoms. The molecule has 3 atom stereocenters. The number of nitrogens with zero attached hydrogens (tertiary/aromatic N) is 2. The largest absolute Gasteiger partial charge is 0.465 e. The number of furan rings is 1. The number of hydrogen-bond donors (Lipinski definition) is 0. The quantitative estimate of drug-likeness (QED) is 0.807. The van der Waals surface area contributed by atoms with E-state index in [-0.39, 0.29) is 6.10 Å². The van der Waals surface area contributed by atoms with Crippen LogP contribution in [0.15, 0.2) is 41.1 Å². The molecule has 2 fully saturated rings. The summed E-state index contributed by atoms with van der Waals surface area (Å²) in [6.45, 7) is 6.02. The molecule has 0 N–H and O–H groups in total. The summed E-state index contributed by atoms with van der Waals surface area (Å²) in [6, 6.07) is 8.60. The predicted molar refractivity (Wildman–Crippen MR) is 94.0 cm³/mol. The number of aryl methyl sites for hydroxylation is 1. The predicted octanol–water partition coefficient (Wildman–Crippen LogP) is 3.18. The van der Waals surface area contributed by atoms with Crippen LogP contribution in [-0.4, -0.2) is 41.8 Å². The van der Waals surface area contributed by atoms with E-state index in [0.717, 1.165) is 49.8 Å². The van der Waals surface area contributed by atoms with Crippen molar-refractivity contribution in [2.75, 3.05) is 19.8 Å². The van der Waals surface area contributed by atoms with Crippen LogP contribution in [0.2, 0.25) is 0 Å². The summed E-state index contributed by atoms with van der Waals surface area (Å²) in [7, 11) is 0. The maximum absolute atomic E-state index is 6.13. The zero-order valence-electron chi connectivity index (χ0n) is 14.8. The summed E-state index contributed by atoms with van der Waals surface area (Å²) >= 11 is 0. The van der Waals surface area contributed by atoms with Gasteiger partial charge in [-0.3, -0.25) is 9.88 Å². The molecule has 0 amide bonds. The zero-order valence-corrected chi connectivity index (χ0v) is 14.8. The van der Waals surface area contributed by atoms with Crippen molar-refractivity contribution in [3.8, 4) is 0 Å². The molecule has 5 nitrogen and oxygen atoms in total. The molecule has 1 aliphatic heterocycles. The van der Waals surface area contributed by atoms with Crippen LogP contribution in [0.1, 0.15) is 29.9 Å². The molecule has 1 saturated carbocycles. The van der Waals surface area contributed by atoms with E-state index in [0.29, 0.717) is 18.6 Å². The highest BCUT2D eigenvalue weighted by Gasteiger charge is 2.42. The van der Waals surface area contributed by atoms with Crippen LogP contribution in [-0.2, 0) is 22.6 Å². The van der Waals surface area contributed by atoms with Crippen LogP contribution in [0.25, 0.3) is 0 Å². The average Bonchev–Trinajstić information content (AvgIpc) is 3.23. The topological polar surface area (TPSA) is 47.7 Å². The van der Waals surface area contributed by atoms with E-state index in [9.17, 15) is 0 Å². The Bertz CT molecular complexity index is 673. The van der Waals surface area contributed by atoms with Gasteiger partial charge in [0.2, 0.25) is 0 Å². The molecule has 0 spiro atoms. The maximum atomic E-state index is 6.13. The van der Waals surface area contributed by atoms with Crippen molar-refractivity contribution in [3.05, 3.63) is 53.7 Å². The smallest absolute Gasteiger partial charge is 0.118 e. The fraction of sp³-hybridized carbons (Fsp3) is 0.550. The molecule has 134 valence electrons. The Morgan fingerprint density at radius 1 is 1.28 bits per heavy atom. The first-order valence-electron chi connectivity index (χ1n) is 9.17. The summed E-state index contributed by atoms with van der Waals surface area (Å²) < 4.78 is 17.8. The normalized spacial score (nSPS) is 26.7. The van der Waals surface area contributed by atoms with Crippen molar-refractivity contribution >= 4 is 0 Å². The third-order valence-electron chi connectivity index (χ3n) is 5.31. The van der Waals surface area contributed by atoms with Crippen LogP contribution in [0.3, 0.4) is 0 Å². The third kappa shape index (κ3) is 3.94. The van der Waals surface area contributed by atoms with E-state index >= 15 is 0 Å². The van der Waals surface area contributed by atoms with E-state index in [1.807, 2.05) is 25.3 Å². The lowest BCUT2D eigenvalue weighted by molar-refractivity contribution is -0.0904. The Balaban J connectivity index is 1.31. The van der Waals surface area contributed by atoms with Crippen molar-refractivity contribution in [2.45, 2.75) is 45.1 Å². The number of hydrogen-bond acceptors (Lipinski definition) is 5. The van der Waals surface area contributed by atoms with E-state index in [4.69, 9.17) is 13.9 Å². The molecule has 4 rings (SSSR count). The highest BCUT2D eigenvalue weighted by molar-refractivity contribution is 5.08. The van der Waals surface area contributed by atoms with Gasteiger partial charge in [0, 0.05) is 30.9 Å². The number of rotatable bonds is 6. The molecule has 3 heterocycles. The lowest BCUT2D eigenvalue weighted by atomic mass is 10.0. The minimum atomic E-state index is 0.277. The Hall–Kier alpha value is -1.69. The third-order valence-corrected chi connectivity index (χ3v) is 5.31. The van der Waals surface area contributed by atoms with E-state index in [1.54, 1.807) is 6.20 Å². The Kier molecular flexibility index (Phi) is 5.15. The highest BCUT2D eigenvalue weighted by atomic mass is 16.5. The second-order valence-corrected chi connectivity index (χ2v) is 7.10. The summed E-state index contributed by atoms with van der Waals surface area (Å²) in [6.07, 6.45) is 6.26. The van der Waals surface area contributed by atoms with Crippen molar-refractivity contribution in [2.24, 2.45) is 5.92 Å². The van der Waals surface area contributed by atoms with Gasteiger partial charge >= 0.3 is 0 Å². The molecule has 1 aliphatic carbocycles. The van der Waals surface area contributed by atoms with Crippen LogP contribution >= 0.6 is 0 Å². The van der Waals surface area contributed by atoms with Gasteiger partial charge in [0.05, 0.1) is 32.5 Å². The first kappa shape index (κ1) is 16.8. The molecular formula is C20H26N2O3. The highest BCUT2D eigenvalue weighted by Crippen LogP contribution is 2.35. The van der Waals surface area contributed by atoms with Crippen molar-refractivity contribution < 1.29 is 13.9 Å². The van der Waals surface area contributed by atoms with Gasteiger partial charge in [-0.2, -0.15) is 0 Å². The minimum Gasteiger partial charge on any atom is -0.465 e. The van der Waals surface area contributed by atoms with Crippen molar-refractivity contribution in [1.29, 1.82) is 0 Å². The SMILES string of the molecule is Cc1ccc(CN2CCO[C@@H]3[C@@H](COCc4cccnc4)CC[C@H]32)o1. The lowest BCUT2D eigenvalue weighted by Crippen LogP contribution is -2.50. The van der Waals surface area contributed by atoms with Gasteiger partial charge < -0.3 is 13.9 Å². The second kappa shape index (κ2) is 7.68. The standard InChI is InChI=1S/C20H26N2O3/c1-15-4-6-18(25-15)12-22-9-10-24-20-17(5-7-19(20)22)14-23-13-16-3-2-8-21-11-16/h2-4,6,8,11,17,19-20H,5,7,9-10,12-14H2,1H3/t17-,19-,20-/m1/s1. The molecule has 2 aromatic heterocycles. The number of morpholine rings is 1. The Morgan fingerprint density at radius 2 is 2.24 bits per heavy atom. The number of ether oxygens (including phenoxy) is 2. The van der Waals surface area contributed by atoms with Gasteiger partial charge in [0.15, 0.2) is 0 Å². The summed E-state index contributed by atoms with van der Waals surface area (Å²) in [4.78, 5) is 6.65. The number of aromatic nitrogens is 1. The second-order valence-electron chi connectivity index (χ2n) is 7.10. The fourth-order valence-electron chi connectivity index (χ4n) is 4.09. The summed E-state index contributed by atoms with van der Waals surface area (Å²) in [5.41, 5.74) is 1.12. The minimum absolute atomic E-state index is 0.277. The molecule has 1 saturated heterocycles. The number of pyridine rings is 1. The van der Waals surface area contributed by atoms with Crippen LogP contribution in [0.5, 0.6) is 0 Å². The van der Waals surface area contributed by atoms with Gasteiger partial charge in [-0.15, -0.1) is 0 Å². The van der Waals surface area contributed by atoms with Crippen LogP contribution < -0.4 is 0 Å². The lowest BCUT2D eigenvalue weighted by Gasteiger charge is -2.38. The van der Waals surface area contributed by atoms with E-state index < -0.39 is 0 Å². The first-order chi connectivity index (χ1) is 12.3. The summed E-state index contributed by atoms with van der Waals surface area (Å²) in [5, 5.41) is 0. The monoisotopic (exact) mass is 342 g/mol. The Morgan fingerprint density at radius 3 is 3.04 bits per heavy atom. The van der Waals surface area contributed by atoms with Crippen LogP contribution in [0.4, 0.5) is 0 Å². The molecule has 0 unspecified atom stereocenters. The molecular weight excluding hydrogens is 316 g/mol. The van der Waals surface area contributed by atoms with Gasteiger partial charge in [0.25, 0.3) is 0 Å².